The molecule has 1 saturated heterocycles. The van der Waals surface area contributed by atoms with Gasteiger partial charge >= 0.3 is 0 Å². The highest BCUT2D eigenvalue weighted by molar-refractivity contribution is 8.00. The lowest BCUT2D eigenvalue weighted by molar-refractivity contribution is 0.223. The molecule has 6 heteroatoms. The van der Waals surface area contributed by atoms with E-state index in [2.05, 4.69) is 13.8 Å². The average molecular weight is 329 g/mol. The fourth-order valence-corrected chi connectivity index (χ4v) is 5.86. The molecule has 2 N–H and O–H groups in total. The molecule has 1 aliphatic rings. The largest absolute Gasteiger partial charge is 0.398 e. The fourth-order valence-electron chi connectivity index (χ4n) is 2.83. The van der Waals surface area contributed by atoms with Gasteiger partial charge in [0.2, 0.25) is 10.0 Å². The molecule has 2 atom stereocenters. The Bertz CT molecular complexity index is 565. The standard InChI is InChI=1S/C15H24N2O2S2/c1-12-9-13(2)11-17(10-12)21(18,19)8-7-20-15-6-4-3-5-14(15)16/h3-6,12-13H,7-11,16H2,1-2H3. The summed E-state index contributed by atoms with van der Waals surface area (Å²) in [6.07, 6.45) is 1.11. The number of hydrogen-bond acceptors (Lipinski definition) is 4. The molecule has 118 valence electrons. The minimum atomic E-state index is -3.16. The molecule has 4 nitrogen and oxygen atoms in total. The first-order valence-corrected chi connectivity index (χ1v) is 9.93. The van der Waals surface area contributed by atoms with E-state index in [1.807, 2.05) is 24.3 Å². The highest BCUT2D eigenvalue weighted by Gasteiger charge is 2.30. The second-order valence-electron chi connectivity index (χ2n) is 5.97. The molecular weight excluding hydrogens is 304 g/mol. The van der Waals surface area contributed by atoms with Crippen molar-refractivity contribution in [1.82, 2.24) is 4.31 Å². The minimum Gasteiger partial charge on any atom is -0.398 e. The van der Waals surface area contributed by atoms with Crippen LogP contribution < -0.4 is 5.73 Å². The lowest BCUT2D eigenvalue weighted by Crippen LogP contribution is -2.43. The van der Waals surface area contributed by atoms with Crippen LogP contribution in [0.3, 0.4) is 0 Å². The zero-order valence-corrected chi connectivity index (χ0v) is 14.3. The number of benzene rings is 1. The van der Waals surface area contributed by atoms with E-state index in [9.17, 15) is 8.42 Å². The van der Waals surface area contributed by atoms with Gasteiger partial charge in [-0.15, -0.1) is 11.8 Å². The molecule has 1 aliphatic heterocycles. The monoisotopic (exact) mass is 328 g/mol. The van der Waals surface area contributed by atoms with E-state index in [4.69, 9.17) is 5.73 Å². The summed E-state index contributed by atoms with van der Waals surface area (Å²) in [5, 5.41) is 0. The van der Waals surface area contributed by atoms with Crippen molar-refractivity contribution in [1.29, 1.82) is 0 Å². The van der Waals surface area contributed by atoms with Crippen LogP contribution in [-0.2, 0) is 10.0 Å². The number of piperidine rings is 1. The molecule has 0 bridgehead atoms. The summed E-state index contributed by atoms with van der Waals surface area (Å²) in [5.41, 5.74) is 6.58. The molecule has 0 radical (unpaired) electrons. The van der Waals surface area contributed by atoms with Gasteiger partial charge in [-0.05, 0) is 30.4 Å². The Morgan fingerprint density at radius 1 is 1.24 bits per heavy atom. The van der Waals surface area contributed by atoms with Gasteiger partial charge in [0.05, 0.1) is 5.75 Å². The number of nitrogen functional groups attached to an aromatic ring is 1. The van der Waals surface area contributed by atoms with E-state index in [1.165, 1.54) is 11.8 Å². The fraction of sp³-hybridized carbons (Fsp3) is 0.600. The topological polar surface area (TPSA) is 63.4 Å². The highest BCUT2D eigenvalue weighted by atomic mass is 32.2. The number of thioether (sulfide) groups is 1. The van der Waals surface area contributed by atoms with Crippen molar-refractivity contribution in [3.05, 3.63) is 24.3 Å². The zero-order chi connectivity index (χ0) is 15.5. The van der Waals surface area contributed by atoms with E-state index < -0.39 is 10.0 Å². The molecule has 1 aromatic carbocycles. The maximum atomic E-state index is 12.4. The number of nitrogens with two attached hydrogens (primary N) is 1. The van der Waals surface area contributed by atoms with Crippen LogP contribution in [0, 0.1) is 11.8 Å². The molecule has 1 heterocycles. The van der Waals surface area contributed by atoms with Crippen LogP contribution in [-0.4, -0.2) is 37.3 Å². The van der Waals surface area contributed by atoms with Gasteiger partial charge in [-0.25, -0.2) is 12.7 Å². The van der Waals surface area contributed by atoms with Gasteiger partial charge in [0.15, 0.2) is 0 Å². The first-order chi connectivity index (χ1) is 9.88. The Kier molecular flexibility index (Phi) is 5.57. The summed E-state index contributed by atoms with van der Waals surface area (Å²) >= 11 is 1.51. The van der Waals surface area contributed by atoms with Crippen LogP contribution in [0.2, 0.25) is 0 Å². The van der Waals surface area contributed by atoms with Gasteiger partial charge in [-0.1, -0.05) is 26.0 Å². The summed E-state index contributed by atoms with van der Waals surface area (Å²) in [4.78, 5) is 0.952. The maximum Gasteiger partial charge on any atom is 0.214 e. The predicted molar refractivity (Wildman–Crippen MR) is 89.9 cm³/mol. The maximum absolute atomic E-state index is 12.4. The summed E-state index contributed by atoms with van der Waals surface area (Å²) < 4.78 is 26.5. The number of hydrogen-bond donors (Lipinski definition) is 1. The third-order valence-corrected chi connectivity index (χ3v) is 6.90. The molecule has 1 fully saturated rings. The summed E-state index contributed by atoms with van der Waals surface area (Å²) in [6.45, 7) is 5.56. The second-order valence-corrected chi connectivity index (χ2v) is 9.19. The van der Waals surface area contributed by atoms with E-state index in [0.29, 0.717) is 36.4 Å². The Morgan fingerprint density at radius 3 is 2.48 bits per heavy atom. The smallest absolute Gasteiger partial charge is 0.214 e. The van der Waals surface area contributed by atoms with Gasteiger partial charge in [0, 0.05) is 29.4 Å². The van der Waals surface area contributed by atoms with Crippen LogP contribution in [0.5, 0.6) is 0 Å². The van der Waals surface area contributed by atoms with Crippen molar-refractivity contribution in [2.24, 2.45) is 11.8 Å². The summed E-state index contributed by atoms with van der Waals surface area (Å²) in [6, 6.07) is 7.57. The van der Waals surface area contributed by atoms with Crippen molar-refractivity contribution in [2.75, 3.05) is 30.3 Å². The zero-order valence-electron chi connectivity index (χ0n) is 12.7. The van der Waals surface area contributed by atoms with Crippen molar-refractivity contribution < 1.29 is 8.42 Å². The minimum absolute atomic E-state index is 0.172. The van der Waals surface area contributed by atoms with E-state index in [0.717, 1.165) is 11.3 Å². The van der Waals surface area contributed by atoms with Crippen molar-refractivity contribution in [2.45, 2.75) is 25.2 Å². The predicted octanol–water partition coefficient (Wildman–Crippen LogP) is 2.67. The Morgan fingerprint density at radius 2 is 1.86 bits per heavy atom. The van der Waals surface area contributed by atoms with Crippen molar-refractivity contribution in [3.8, 4) is 0 Å². The molecule has 0 aliphatic carbocycles. The molecule has 1 aromatic rings. The Balaban J connectivity index is 1.91. The van der Waals surface area contributed by atoms with Crippen LogP contribution in [0.25, 0.3) is 0 Å². The number of anilines is 1. The molecule has 0 spiro atoms. The van der Waals surface area contributed by atoms with Crippen LogP contribution in [0.1, 0.15) is 20.3 Å². The molecule has 0 aromatic heterocycles. The van der Waals surface area contributed by atoms with Crippen molar-refractivity contribution in [3.63, 3.8) is 0 Å². The summed E-state index contributed by atoms with van der Waals surface area (Å²) in [7, 11) is -3.16. The van der Waals surface area contributed by atoms with E-state index in [-0.39, 0.29) is 5.75 Å². The normalized spacial score (nSPS) is 24.1. The SMILES string of the molecule is CC1CC(C)CN(S(=O)(=O)CCSc2ccccc2N)C1. The molecule has 2 unspecified atom stereocenters. The average Bonchev–Trinajstić information content (AvgIpc) is 2.40. The number of para-hydroxylation sites is 1. The Labute approximate surface area is 132 Å². The molecular formula is C15H24N2O2S2. The van der Waals surface area contributed by atoms with Gasteiger partial charge in [-0.3, -0.25) is 0 Å². The lowest BCUT2D eigenvalue weighted by Gasteiger charge is -2.34. The van der Waals surface area contributed by atoms with Gasteiger partial charge < -0.3 is 5.73 Å². The van der Waals surface area contributed by atoms with Gasteiger partial charge in [-0.2, -0.15) is 0 Å². The van der Waals surface area contributed by atoms with Crippen LogP contribution >= 0.6 is 11.8 Å². The second kappa shape index (κ2) is 7.03. The van der Waals surface area contributed by atoms with Crippen LogP contribution in [0.15, 0.2) is 29.2 Å². The first kappa shape index (κ1) is 16.6. The first-order valence-electron chi connectivity index (χ1n) is 7.33. The third kappa shape index (κ3) is 4.63. The van der Waals surface area contributed by atoms with Gasteiger partial charge in [0.1, 0.15) is 0 Å². The molecule has 21 heavy (non-hydrogen) atoms. The molecule has 0 amide bonds. The highest BCUT2D eigenvalue weighted by Crippen LogP contribution is 2.26. The number of rotatable bonds is 5. The summed E-state index contributed by atoms with van der Waals surface area (Å²) in [5.74, 6) is 1.60. The van der Waals surface area contributed by atoms with E-state index >= 15 is 0 Å². The van der Waals surface area contributed by atoms with E-state index in [1.54, 1.807) is 4.31 Å². The number of sulfonamides is 1. The van der Waals surface area contributed by atoms with Gasteiger partial charge in [0.25, 0.3) is 0 Å². The Hall–Kier alpha value is -0.720. The number of nitrogens with zero attached hydrogens (tertiary/aromatic N) is 1. The third-order valence-electron chi connectivity index (χ3n) is 3.75. The van der Waals surface area contributed by atoms with Crippen molar-refractivity contribution >= 4 is 27.5 Å². The lowest BCUT2D eigenvalue weighted by atomic mass is 9.94. The quantitative estimate of drug-likeness (QED) is 0.667. The van der Waals surface area contributed by atoms with Crippen LogP contribution in [0.4, 0.5) is 5.69 Å². The molecule has 2 rings (SSSR count). The molecule has 0 saturated carbocycles.